The van der Waals surface area contributed by atoms with E-state index < -0.39 is 10.0 Å². The van der Waals surface area contributed by atoms with Crippen LogP contribution in [0, 0.1) is 13.8 Å². The van der Waals surface area contributed by atoms with E-state index in [9.17, 15) is 13.2 Å². The number of rotatable bonds is 6. The summed E-state index contributed by atoms with van der Waals surface area (Å²) in [6.45, 7) is 4.38. The highest BCUT2D eigenvalue weighted by atomic mass is 32.2. The fourth-order valence-corrected chi connectivity index (χ4v) is 4.41. The van der Waals surface area contributed by atoms with Gasteiger partial charge in [-0.25, -0.2) is 8.42 Å². The summed E-state index contributed by atoms with van der Waals surface area (Å²) in [5.74, 6) is 0.737. The predicted molar refractivity (Wildman–Crippen MR) is 118 cm³/mol. The van der Waals surface area contributed by atoms with Crippen molar-refractivity contribution in [1.82, 2.24) is 4.72 Å². The number of hydrogen-bond acceptors (Lipinski definition) is 5. The summed E-state index contributed by atoms with van der Waals surface area (Å²) in [4.78, 5) is 16.6. The molecular weight excluding hydrogens is 402 g/mol. The van der Waals surface area contributed by atoms with E-state index in [2.05, 4.69) is 15.0 Å². The van der Waals surface area contributed by atoms with Crippen molar-refractivity contribution in [3.8, 4) is 5.75 Å². The summed E-state index contributed by atoms with van der Waals surface area (Å²) >= 11 is 0. The number of amides is 1. The molecule has 0 atom stereocenters. The van der Waals surface area contributed by atoms with Crippen molar-refractivity contribution in [2.45, 2.75) is 44.4 Å². The molecule has 0 bridgehead atoms. The van der Waals surface area contributed by atoms with Gasteiger partial charge in [0.1, 0.15) is 11.6 Å². The Morgan fingerprint density at radius 2 is 1.83 bits per heavy atom. The zero-order chi connectivity index (χ0) is 21.6. The summed E-state index contributed by atoms with van der Waals surface area (Å²) in [6, 6.07) is 11.9. The Hall–Kier alpha value is -2.87. The number of carbonyl (C=O) groups is 1. The minimum atomic E-state index is -3.76. The Kier molecular flexibility index (Phi) is 7.10. The smallest absolute Gasteiger partial charge is 0.262 e. The molecule has 30 heavy (non-hydrogen) atoms. The summed E-state index contributed by atoms with van der Waals surface area (Å²) < 4.78 is 33.5. The van der Waals surface area contributed by atoms with E-state index in [1.165, 1.54) is 12.1 Å². The fourth-order valence-electron chi connectivity index (χ4n) is 3.27. The van der Waals surface area contributed by atoms with Crippen LogP contribution >= 0.6 is 0 Å². The summed E-state index contributed by atoms with van der Waals surface area (Å²) in [7, 11) is -3.76. The Bertz CT molecular complexity index is 1030. The van der Waals surface area contributed by atoms with Crippen LogP contribution in [-0.4, -0.2) is 33.3 Å². The third kappa shape index (κ3) is 6.32. The van der Waals surface area contributed by atoms with Crippen molar-refractivity contribution in [1.29, 1.82) is 0 Å². The second-order valence-corrected chi connectivity index (χ2v) is 9.12. The van der Waals surface area contributed by atoms with Gasteiger partial charge in [-0.2, -0.15) is 0 Å². The largest absolute Gasteiger partial charge is 0.484 e. The van der Waals surface area contributed by atoms with E-state index >= 15 is 0 Å². The minimum Gasteiger partial charge on any atom is -0.484 e. The maximum Gasteiger partial charge on any atom is 0.262 e. The second-order valence-electron chi connectivity index (χ2n) is 7.43. The van der Waals surface area contributed by atoms with E-state index in [0.29, 0.717) is 30.2 Å². The van der Waals surface area contributed by atoms with Gasteiger partial charge in [-0.3, -0.25) is 14.5 Å². The highest BCUT2D eigenvalue weighted by Crippen LogP contribution is 2.18. The molecule has 8 heteroatoms. The number of aryl methyl sites for hydroxylation is 2. The van der Waals surface area contributed by atoms with Gasteiger partial charge in [-0.15, -0.1) is 0 Å². The van der Waals surface area contributed by atoms with Crippen LogP contribution in [0.2, 0.25) is 0 Å². The molecule has 0 spiro atoms. The lowest BCUT2D eigenvalue weighted by molar-refractivity contribution is -0.118. The number of carbonyl (C=O) groups excluding carboxylic acids is 1. The van der Waals surface area contributed by atoms with Crippen LogP contribution in [-0.2, 0) is 14.8 Å². The van der Waals surface area contributed by atoms with Gasteiger partial charge in [-0.1, -0.05) is 18.6 Å². The van der Waals surface area contributed by atoms with E-state index in [0.717, 1.165) is 30.4 Å². The normalized spacial score (nSPS) is 14.4. The second kappa shape index (κ2) is 9.75. The van der Waals surface area contributed by atoms with E-state index in [-0.39, 0.29) is 17.4 Å². The Morgan fingerprint density at radius 1 is 1.07 bits per heavy atom. The van der Waals surface area contributed by atoms with Gasteiger partial charge in [0.25, 0.3) is 15.9 Å². The molecule has 3 rings (SSSR count). The fraction of sp³-hybridized carbons (Fsp3) is 0.364. The van der Waals surface area contributed by atoms with E-state index in [1.807, 2.05) is 32.0 Å². The van der Waals surface area contributed by atoms with Crippen molar-refractivity contribution < 1.29 is 17.9 Å². The molecule has 0 radical (unpaired) electrons. The molecule has 2 aromatic carbocycles. The third-order valence-electron chi connectivity index (χ3n) is 4.62. The van der Waals surface area contributed by atoms with Gasteiger partial charge in [0.2, 0.25) is 0 Å². The maximum absolute atomic E-state index is 12.7. The first-order valence-electron chi connectivity index (χ1n) is 9.99. The van der Waals surface area contributed by atoms with Crippen molar-refractivity contribution in [3.05, 3.63) is 53.6 Å². The average molecular weight is 430 g/mol. The molecule has 0 unspecified atom stereocenters. The first-order valence-corrected chi connectivity index (χ1v) is 11.5. The van der Waals surface area contributed by atoms with Crippen LogP contribution in [0.25, 0.3) is 0 Å². The number of aliphatic imine (C=N–C) groups is 1. The average Bonchev–Trinajstić information content (AvgIpc) is 2.94. The number of benzene rings is 2. The van der Waals surface area contributed by atoms with E-state index in [1.54, 1.807) is 12.1 Å². The highest BCUT2D eigenvalue weighted by molar-refractivity contribution is 7.90. The zero-order valence-electron chi connectivity index (χ0n) is 17.3. The summed E-state index contributed by atoms with van der Waals surface area (Å²) in [5, 5.41) is 2.68. The van der Waals surface area contributed by atoms with Crippen LogP contribution in [0.3, 0.4) is 0 Å². The number of nitrogens with zero attached hydrogens (tertiary/aromatic N) is 1. The Labute approximate surface area is 177 Å². The van der Waals surface area contributed by atoms with Crippen molar-refractivity contribution in [2.75, 3.05) is 18.5 Å². The number of nitrogens with one attached hydrogen (secondary N) is 2. The zero-order valence-corrected chi connectivity index (χ0v) is 18.1. The van der Waals surface area contributed by atoms with E-state index in [4.69, 9.17) is 4.74 Å². The molecular formula is C22H27N3O4S. The molecule has 1 aliphatic heterocycles. The molecule has 2 aromatic rings. The molecule has 0 saturated heterocycles. The molecule has 7 nitrogen and oxygen atoms in total. The van der Waals surface area contributed by atoms with Crippen LogP contribution in [0.15, 0.2) is 52.4 Å². The summed E-state index contributed by atoms with van der Waals surface area (Å²) in [5.41, 5.74) is 2.48. The number of amidine groups is 1. The van der Waals surface area contributed by atoms with Crippen molar-refractivity contribution >= 4 is 27.5 Å². The standard InChI is InChI=1S/C22H27N3O4S/c1-16-11-17(2)13-19(12-16)29-15-22(26)24-18-7-6-8-20(14-18)30(27,28)25-21-9-4-3-5-10-23-21/h6-8,11-14H,3-5,9-10,15H2,1-2H3,(H,23,25)(H,24,26). The molecule has 0 fully saturated rings. The van der Waals surface area contributed by atoms with Crippen LogP contribution < -0.4 is 14.8 Å². The third-order valence-corrected chi connectivity index (χ3v) is 6.00. The molecule has 1 heterocycles. The number of sulfonamides is 1. The molecule has 0 aliphatic carbocycles. The highest BCUT2D eigenvalue weighted by Gasteiger charge is 2.18. The van der Waals surface area contributed by atoms with Crippen molar-refractivity contribution in [2.24, 2.45) is 4.99 Å². The first-order chi connectivity index (χ1) is 14.3. The molecule has 1 amide bonds. The van der Waals surface area contributed by atoms with Gasteiger partial charge in [-0.05, 0) is 68.1 Å². The predicted octanol–water partition coefficient (Wildman–Crippen LogP) is 3.57. The molecule has 0 aromatic heterocycles. The monoisotopic (exact) mass is 429 g/mol. The Balaban J connectivity index is 1.62. The SMILES string of the molecule is Cc1cc(C)cc(OCC(=O)Nc2cccc(S(=O)(=O)NC3=NCCCCC3)c2)c1. The van der Waals surface area contributed by atoms with Gasteiger partial charge >= 0.3 is 0 Å². The molecule has 160 valence electrons. The lowest BCUT2D eigenvalue weighted by Gasteiger charge is -2.12. The topological polar surface area (TPSA) is 96.9 Å². The first kappa shape index (κ1) is 21.8. The van der Waals surface area contributed by atoms with Crippen molar-refractivity contribution in [3.63, 3.8) is 0 Å². The van der Waals surface area contributed by atoms with Gasteiger partial charge in [0.15, 0.2) is 6.61 Å². The van der Waals surface area contributed by atoms with Gasteiger partial charge in [0.05, 0.1) is 4.90 Å². The molecule has 1 aliphatic rings. The van der Waals surface area contributed by atoms with Gasteiger partial charge < -0.3 is 10.1 Å². The lowest BCUT2D eigenvalue weighted by Crippen LogP contribution is -2.30. The molecule has 0 saturated carbocycles. The number of hydrogen-bond donors (Lipinski definition) is 2. The molecule has 2 N–H and O–H groups in total. The number of ether oxygens (including phenoxy) is 1. The van der Waals surface area contributed by atoms with Gasteiger partial charge in [0, 0.05) is 18.7 Å². The summed E-state index contributed by atoms with van der Waals surface area (Å²) in [6.07, 6.45) is 3.54. The number of anilines is 1. The quantitative estimate of drug-likeness (QED) is 0.734. The maximum atomic E-state index is 12.7. The lowest BCUT2D eigenvalue weighted by atomic mass is 10.1. The van der Waals surface area contributed by atoms with Crippen LogP contribution in [0.5, 0.6) is 5.75 Å². The van der Waals surface area contributed by atoms with Crippen LogP contribution in [0.1, 0.15) is 36.8 Å². The minimum absolute atomic E-state index is 0.0717. The Morgan fingerprint density at radius 3 is 2.60 bits per heavy atom. The van der Waals surface area contributed by atoms with Crippen LogP contribution in [0.4, 0.5) is 5.69 Å².